The predicted octanol–water partition coefficient (Wildman–Crippen LogP) is 2.73. The van der Waals surface area contributed by atoms with Gasteiger partial charge in [0.2, 0.25) is 11.8 Å². The molecular weight excluding hydrogens is 292 g/mol. The van der Waals surface area contributed by atoms with E-state index in [4.69, 9.17) is 0 Å². The van der Waals surface area contributed by atoms with Crippen molar-refractivity contribution in [3.63, 3.8) is 0 Å². The molecule has 2 rings (SSSR count). The number of imide groups is 1. The highest BCUT2D eigenvalue weighted by Crippen LogP contribution is 2.27. The molecule has 2 aliphatic heterocycles. The van der Waals surface area contributed by atoms with Crippen LogP contribution in [0.1, 0.15) is 48.0 Å². The Labute approximate surface area is 139 Å². The van der Waals surface area contributed by atoms with Crippen molar-refractivity contribution in [3.8, 4) is 0 Å². The normalized spacial score (nSPS) is 21.2. The van der Waals surface area contributed by atoms with E-state index >= 15 is 0 Å². The Hall–Kier alpha value is -1.91. The number of carbonyl (C=O) groups excluding carboxylic acids is 3. The summed E-state index contributed by atoms with van der Waals surface area (Å²) in [6, 6.07) is 0.221. The number of likely N-dealkylation sites (tertiary alicyclic amines) is 1. The third kappa shape index (κ3) is 4.30. The van der Waals surface area contributed by atoms with Crippen molar-refractivity contribution < 1.29 is 14.4 Å². The van der Waals surface area contributed by atoms with E-state index in [-0.39, 0.29) is 41.6 Å². The van der Waals surface area contributed by atoms with Gasteiger partial charge in [0.25, 0.3) is 5.91 Å². The number of hydrogen-bond donors (Lipinski definition) is 0. The lowest BCUT2D eigenvalue weighted by Crippen LogP contribution is -2.37. The van der Waals surface area contributed by atoms with Crippen molar-refractivity contribution in [1.82, 2.24) is 9.80 Å². The van der Waals surface area contributed by atoms with Crippen LogP contribution in [0.25, 0.3) is 0 Å². The molecule has 0 radical (unpaired) electrons. The second-order valence-electron chi connectivity index (χ2n) is 6.88. The Morgan fingerprint density at radius 2 is 1.48 bits per heavy atom. The molecule has 5 heteroatoms. The van der Waals surface area contributed by atoms with Gasteiger partial charge in [-0.05, 0) is 39.7 Å². The fourth-order valence-electron chi connectivity index (χ4n) is 2.79. The van der Waals surface area contributed by atoms with Crippen molar-refractivity contribution in [2.45, 2.75) is 60.0 Å². The summed E-state index contributed by atoms with van der Waals surface area (Å²) in [5, 5.41) is 0. The van der Waals surface area contributed by atoms with Crippen molar-refractivity contribution in [2.75, 3.05) is 0 Å². The third-order valence-electron chi connectivity index (χ3n) is 4.02. The maximum atomic E-state index is 11.7. The van der Waals surface area contributed by atoms with E-state index < -0.39 is 0 Å². The highest BCUT2D eigenvalue weighted by atomic mass is 16.2. The van der Waals surface area contributed by atoms with Crippen LogP contribution in [0.5, 0.6) is 0 Å². The van der Waals surface area contributed by atoms with Crippen LogP contribution < -0.4 is 0 Å². The van der Waals surface area contributed by atoms with E-state index in [0.29, 0.717) is 6.42 Å². The Kier molecular flexibility index (Phi) is 6.30. The van der Waals surface area contributed by atoms with E-state index in [1.807, 2.05) is 41.5 Å². The van der Waals surface area contributed by atoms with Crippen molar-refractivity contribution in [1.29, 1.82) is 0 Å². The fraction of sp³-hybridized carbons (Fsp3) is 0.611. The maximum Gasteiger partial charge on any atom is 0.251 e. The van der Waals surface area contributed by atoms with Crippen molar-refractivity contribution in [3.05, 3.63) is 24.4 Å². The van der Waals surface area contributed by atoms with Crippen LogP contribution in [-0.2, 0) is 14.4 Å². The molecule has 0 aromatic heterocycles. The average molecular weight is 320 g/mol. The topological polar surface area (TPSA) is 57.7 Å². The molecule has 0 aromatic carbocycles. The highest BCUT2D eigenvalue weighted by molar-refractivity contribution is 6.03. The minimum Gasteiger partial charge on any atom is -0.307 e. The molecule has 23 heavy (non-hydrogen) atoms. The van der Waals surface area contributed by atoms with Gasteiger partial charge in [-0.1, -0.05) is 20.4 Å². The molecule has 0 aromatic rings. The molecule has 1 unspecified atom stereocenters. The number of allylic oxidation sites excluding steroid dienone is 1. The van der Waals surface area contributed by atoms with Gasteiger partial charge >= 0.3 is 0 Å². The molecule has 2 heterocycles. The first-order chi connectivity index (χ1) is 10.6. The summed E-state index contributed by atoms with van der Waals surface area (Å²) in [7, 11) is 0. The summed E-state index contributed by atoms with van der Waals surface area (Å²) in [6.07, 6.45) is 3.68. The monoisotopic (exact) mass is 320 g/mol. The lowest BCUT2D eigenvalue weighted by atomic mass is 9.94. The van der Waals surface area contributed by atoms with Crippen LogP contribution in [0.3, 0.4) is 0 Å². The van der Waals surface area contributed by atoms with E-state index in [9.17, 15) is 14.4 Å². The summed E-state index contributed by atoms with van der Waals surface area (Å²) < 4.78 is 0. The standard InChI is InChI=1S/C10H17NO2.C8H11NO/c1-6(2)8-5-9(12)11(7(3)4)10(8)13;1-6(2)9-7(3)4-5-8(9)10/h6-8H,5H2,1-4H3;4-6H,3H2,1-2H3. The first-order valence-electron chi connectivity index (χ1n) is 8.14. The van der Waals surface area contributed by atoms with Crippen molar-refractivity contribution >= 4 is 17.7 Å². The third-order valence-corrected chi connectivity index (χ3v) is 4.02. The molecule has 0 saturated carbocycles. The number of nitrogens with zero attached hydrogens (tertiary/aromatic N) is 2. The zero-order valence-corrected chi connectivity index (χ0v) is 15.0. The van der Waals surface area contributed by atoms with Gasteiger partial charge in [0.05, 0.1) is 0 Å². The number of hydrogen-bond acceptors (Lipinski definition) is 3. The second kappa shape index (κ2) is 7.57. The van der Waals surface area contributed by atoms with Crippen LogP contribution in [0.15, 0.2) is 24.4 Å². The van der Waals surface area contributed by atoms with Gasteiger partial charge in [-0.15, -0.1) is 0 Å². The largest absolute Gasteiger partial charge is 0.307 e. The second-order valence-corrected chi connectivity index (χ2v) is 6.88. The number of amides is 3. The first kappa shape index (κ1) is 19.1. The first-order valence-corrected chi connectivity index (χ1v) is 8.14. The van der Waals surface area contributed by atoms with Gasteiger partial charge in [0.1, 0.15) is 0 Å². The SMILES string of the molecule is C=C1C=CC(=O)N1C(C)C.CC(C)C1CC(=O)N(C(C)C)C1=O. The molecule has 2 aliphatic rings. The van der Waals surface area contributed by atoms with E-state index in [1.54, 1.807) is 17.1 Å². The molecule has 1 fully saturated rings. The molecule has 0 spiro atoms. The molecule has 128 valence electrons. The van der Waals surface area contributed by atoms with Gasteiger partial charge < -0.3 is 4.90 Å². The van der Waals surface area contributed by atoms with E-state index in [1.165, 1.54) is 4.90 Å². The predicted molar refractivity (Wildman–Crippen MR) is 90.2 cm³/mol. The molecule has 3 amide bonds. The van der Waals surface area contributed by atoms with Crippen LogP contribution in [-0.4, -0.2) is 39.6 Å². The lowest BCUT2D eigenvalue weighted by Gasteiger charge is -2.21. The number of rotatable bonds is 3. The summed E-state index contributed by atoms with van der Waals surface area (Å²) in [6.45, 7) is 15.4. The molecule has 5 nitrogen and oxygen atoms in total. The quantitative estimate of drug-likeness (QED) is 0.751. The van der Waals surface area contributed by atoms with Gasteiger partial charge in [-0.25, -0.2) is 0 Å². The van der Waals surface area contributed by atoms with E-state index in [2.05, 4.69) is 6.58 Å². The number of carbonyl (C=O) groups is 3. The maximum absolute atomic E-state index is 11.7. The van der Waals surface area contributed by atoms with E-state index in [0.717, 1.165) is 5.70 Å². The highest BCUT2D eigenvalue weighted by Gasteiger charge is 2.40. The summed E-state index contributed by atoms with van der Waals surface area (Å²) in [5.41, 5.74) is 0.792. The van der Waals surface area contributed by atoms with Gasteiger partial charge in [-0.3, -0.25) is 19.3 Å². The van der Waals surface area contributed by atoms with Crippen LogP contribution in [0.4, 0.5) is 0 Å². The van der Waals surface area contributed by atoms with Gasteiger partial charge in [-0.2, -0.15) is 0 Å². The Bertz CT molecular complexity index is 514. The Morgan fingerprint density at radius 1 is 0.957 bits per heavy atom. The van der Waals surface area contributed by atoms with Gasteiger partial charge in [0, 0.05) is 36.2 Å². The lowest BCUT2D eigenvalue weighted by molar-refractivity contribution is -0.141. The molecular formula is C18H28N2O3. The minimum atomic E-state index is -0.0881. The Balaban J connectivity index is 0.000000238. The fourth-order valence-corrected chi connectivity index (χ4v) is 2.79. The van der Waals surface area contributed by atoms with Crippen molar-refractivity contribution in [2.24, 2.45) is 11.8 Å². The zero-order valence-electron chi connectivity index (χ0n) is 15.0. The van der Waals surface area contributed by atoms with Crippen LogP contribution in [0.2, 0.25) is 0 Å². The molecule has 0 aliphatic carbocycles. The van der Waals surface area contributed by atoms with Gasteiger partial charge in [0.15, 0.2) is 0 Å². The minimum absolute atomic E-state index is 0.00347. The molecule has 0 bridgehead atoms. The summed E-state index contributed by atoms with van der Waals surface area (Å²) in [4.78, 5) is 37.2. The average Bonchev–Trinajstić information content (AvgIpc) is 2.90. The van der Waals surface area contributed by atoms with Crippen LogP contribution in [0, 0.1) is 11.8 Å². The molecule has 1 saturated heterocycles. The smallest absolute Gasteiger partial charge is 0.251 e. The summed E-state index contributed by atoms with van der Waals surface area (Å²) in [5.74, 6) is 0.212. The Morgan fingerprint density at radius 3 is 1.70 bits per heavy atom. The zero-order chi connectivity index (χ0) is 17.9. The molecule has 0 N–H and O–H groups in total. The summed E-state index contributed by atoms with van der Waals surface area (Å²) >= 11 is 0. The molecule has 1 atom stereocenters. The van der Waals surface area contributed by atoms with Crippen LogP contribution >= 0.6 is 0 Å².